The second kappa shape index (κ2) is 9.78. The smallest absolute Gasteiger partial charge is 0.257 e. The summed E-state index contributed by atoms with van der Waals surface area (Å²) in [4.78, 5) is 43.3. The monoisotopic (exact) mass is 461 g/mol. The fourth-order valence-electron chi connectivity index (χ4n) is 3.65. The fourth-order valence-corrected chi connectivity index (χ4v) is 3.65. The van der Waals surface area contributed by atoms with Crippen LogP contribution in [-0.4, -0.2) is 25.8 Å². The molecule has 2 N–H and O–H groups in total. The average molecular weight is 462 g/mol. The standard InChI is InChI=1S/C25H27N5O4/c1-16(2)12-29-14-20(23(31)21(15-29)25(33)27-11-19-5-4-8-34-19)24(32)26-10-18-13-30-7-6-17(3)9-22(30)28-18/h4-9,13-16H,10-12H2,1-3H3,(H,26,32)(H,27,33). The summed E-state index contributed by atoms with van der Waals surface area (Å²) in [5.41, 5.74) is 1.71. The summed E-state index contributed by atoms with van der Waals surface area (Å²) in [6, 6.07) is 7.35. The minimum absolute atomic E-state index is 0.0918. The molecule has 4 rings (SSSR count). The van der Waals surface area contributed by atoms with Crippen molar-refractivity contribution in [1.29, 1.82) is 0 Å². The van der Waals surface area contributed by atoms with Gasteiger partial charge < -0.3 is 24.0 Å². The number of hydrogen-bond donors (Lipinski definition) is 2. The van der Waals surface area contributed by atoms with E-state index in [0.29, 0.717) is 18.0 Å². The molecular weight excluding hydrogens is 434 g/mol. The highest BCUT2D eigenvalue weighted by atomic mass is 16.3. The number of nitrogens with zero attached hydrogens (tertiary/aromatic N) is 3. The molecule has 0 spiro atoms. The Hall–Kier alpha value is -4.14. The lowest BCUT2D eigenvalue weighted by Crippen LogP contribution is -2.35. The van der Waals surface area contributed by atoms with Gasteiger partial charge in [0.05, 0.1) is 25.0 Å². The van der Waals surface area contributed by atoms with Crippen molar-refractivity contribution in [3.05, 3.63) is 93.7 Å². The zero-order chi connectivity index (χ0) is 24.2. The van der Waals surface area contributed by atoms with E-state index in [1.54, 1.807) is 16.7 Å². The van der Waals surface area contributed by atoms with Gasteiger partial charge in [-0.15, -0.1) is 0 Å². The molecule has 176 valence electrons. The molecule has 0 aromatic carbocycles. The van der Waals surface area contributed by atoms with Crippen LogP contribution in [-0.2, 0) is 19.6 Å². The van der Waals surface area contributed by atoms with Crippen molar-refractivity contribution in [1.82, 2.24) is 24.6 Å². The molecular formula is C25H27N5O4. The van der Waals surface area contributed by atoms with Crippen LogP contribution in [0.4, 0.5) is 0 Å². The van der Waals surface area contributed by atoms with Crippen molar-refractivity contribution < 1.29 is 14.0 Å². The molecule has 0 radical (unpaired) electrons. The Bertz CT molecular complexity index is 1380. The molecule has 4 aromatic rings. The highest BCUT2D eigenvalue weighted by Gasteiger charge is 2.20. The van der Waals surface area contributed by atoms with Crippen molar-refractivity contribution in [2.24, 2.45) is 5.92 Å². The molecule has 4 aromatic heterocycles. The Morgan fingerprint density at radius 1 is 1.06 bits per heavy atom. The van der Waals surface area contributed by atoms with Crippen LogP contribution in [0, 0.1) is 12.8 Å². The molecule has 0 saturated carbocycles. The second-order valence-corrected chi connectivity index (χ2v) is 8.65. The minimum atomic E-state index is -0.625. The molecule has 0 atom stereocenters. The van der Waals surface area contributed by atoms with Crippen molar-refractivity contribution in [2.45, 2.75) is 40.4 Å². The van der Waals surface area contributed by atoms with Gasteiger partial charge in [0.2, 0.25) is 5.43 Å². The number of fused-ring (bicyclic) bond motifs is 1. The Morgan fingerprint density at radius 3 is 2.41 bits per heavy atom. The van der Waals surface area contributed by atoms with Gasteiger partial charge in [0.15, 0.2) is 0 Å². The van der Waals surface area contributed by atoms with Gasteiger partial charge in [-0.2, -0.15) is 0 Å². The average Bonchev–Trinajstić information content (AvgIpc) is 3.45. The molecule has 0 aliphatic carbocycles. The van der Waals surface area contributed by atoms with Gasteiger partial charge in [0.1, 0.15) is 22.5 Å². The van der Waals surface area contributed by atoms with Crippen LogP contribution in [0.15, 0.2) is 64.5 Å². The lowest BCUT2D eigenvalue weighted by molar-refractivity contribution is 0.0945. The maximum absolute atomic E-state index is 13.1. The van der Waals surface area contributed by atoms with Gasteiger partial charge >= 0.3 is 0 Å². The molecule has 4 heterocycles. The molecule has 2 amide bonds. The number of hydrogen-bond acceptors (Lipinski definition) is 5. The highest BCUT2D eigenvalue weighted by Crippen LogP contribution is 2.09. The SMILES string of the molecule is Cc1ccn2cc(CNC(=O)c3cn(CC(C)C)cc(C(=O)NCc4ccco4)c3=O)nc2c1. The number of aryl methyl sites for hydroxylation is 1. The van der Waals surface area contributed by atoms with E-state index in [1.807, 2.05) is 49.7 Å². The highest BCUT2D eigenvalue weighted by molar-refractivity contribution is 5.99. The van der Waals surface area contributed by atoms with Crippen LogP contribution in [0.1, 0.15) is 51.6 Å². The summed E-state index contributed by atoms with van der Waals surface area (Å²) < 4.78 is 8.79. The van der Waals surface area contributed by atoms with Gasteiger partial charge in [-0.25, -0.2) is 4.98 Å². The fraction of sp³-hybridized carbons (Fsp3) is 0.280. The van der Waals surface area contributed by atoms with Crippen molar-refractivity contribution in [2.75, 3.05) is 0 Å². The molecule has 0 aliphatic heterocycles. The lowest BCUT2D eigenvalue weighted by Gasteiger charge is -2.14. The molecule has 0 aliphatic rings. The topological polar surface area (TPSA) is 111 Å². The Labute approximate surface area is 196 Å². The van der Waals surface area contributed by atoms with Gasteiger partial charge in [-0.05, 0) is 42.7 Å². The van der Waals surface area contributed by atoms with E-state index >= 15 is 0 Å². The Kier molecular flexibility index (Phi) is 6.62. The van der Waals surface area contributed by atoms with E-state index in [4.69, 9.17) is 4.42 Å². The van der Waals surface area contributed by atoms with E-state index in [2.05, 4.69) is 15.6 Å². The van der Waals surface area contributed by atoms with Crippen LogP contribution < -0.4 is 16.1 Å². The predicted octanol–water partition coefficient (Wildman–Crippen LogP) is 2.91. The molecule has 9 nitrogen and oxygen atoms in total. The summed E-state index contributed by atoms with van der Waals surface area (Å²) in [6.07, 6.45) is 8.21. The number of furan rings is 1. The number of pyridine rings is 2. The first-order valence-corrected chi connectivity index (χ1v) is 11.1. The summed E-state index contributed by atoms with van der Waals surface area (Å²) in [5, 5.41) is 5.43. The first-order chi connectivity index (χ1) is 16.3. The number of nitrogens with one attached hydrogen (secondary N) is 2. The largest absolute Gasteiger partial charge is 0.467 e. The third kappa shape index (κ3) is 5.25. The number of imidazole rings is 1. The van der Waals surface area contributed by atoms with Gasteiger partial charge in [0.25, 0.3) is 11.8 Å². The maximum Gasteiger partial charge on any atom is 0.257 e. The van der Waals surface area contributed by atoms with Crippen molar-refractivity contribution in [3.8, 4) is 0 Å². The number of amides is 2. The van der Waals surface area contributed by atoms with E-state index in [1.165, 1.54) is 18.7 Å². The van der Waals surface area contributed by atoms with E-state index in [-0.39, 0.29) is 30.1 Å². The van der Waals surface area contributed by atoms with Crippen LogP contribution in [0.25, 0.3) is 5.65 Å². The second-order valence-electron chi connectivity index (χ2n) is 8.65. The van der Waals surface area contributed by atoms with E-state index in [0.717, 1.165) is 11.2 Å². The minimum Gasteiger partial charge on any atom is -0.467 e. The van der Waals surface area contributed by atoms with Crippen LogP contribution in [0.3, 0.4) is 0 Å². The quantitative estimate of drug-likeness (QED) is 0.419. The van der Waals surface area contributed by atoms with E-state index < -0.39 is 17.2 Å². The van der Waals surface area contributed by atoms with Gasteiger partial charge in [-0.3, -0.25) is 14.4 Å². The first kappa shape index (κ1) is 23.0. The third-order valence-electron chi connectivity index (χ3n) is 5.24. The molecule has 34 heavy (non-hydrogen) atoms. The number of rotatable bonds is 8. The third-order valence-corrected chi connectivity index (χ3v) is 5.24. The molecule has 0 fully saturated rings. The summed E-state index contributed by atoms with van der Waals surface area (Å²) in [5.74, 6) is -0.313. The molecule has 0 bridgehead atoms. The van der Waals surface area contributed by atoms with Crippen LogP contribution >= 0.6 is 0 Å². The van der Waals surface area contributed by atoms with Gasteiger partial charge in [-0.1, -0.05) is 13.8 Å². The predicted molar refractivity (Wildman–Crippen MR) is 127 cm³/mol. The lowest BCUT2D eigenvalue weighted by atomic mass is 10.1. The Balaban J connectivity index is 1.55. The molecule has 0 saturated heterocycles. The zero-order valence-corrected chi connectivity index (χ0v) is 19.4. The van der Waals surface area contributed by atoms with Crippen molar-refractivity contribution >= 4 is 17.5 Å². The van der Waals surface area contributed by atoms with E-state index in [9.17, 15) is 14.4 Å². The van der Waals surface area contributed by atoms with Crippen molar-refractivity contribution in [3.63, 3.8) is 0 Å². The zero-order valence-electron chi connectivity index (χ0n) is 19.4. The molecule has 9 heteroatoms. The first-order valence-electron chi connectivity index (χ1n) is 11.1. The maximum atomic E-state index is 13.1. The number of aromatic nitrogens is 3. The summed E-state index contributed by atoms with van der Waals surface area (Å²) >= 11 is 0. The number of carbonyl (C=O) groups excluding carboxylic acids is 2. The van der Waals surface area contributed by atoms with Crippen LogP contribution in [0.2, 0.25) is 0 Å². The molecule has 0 unspecified atom stereocenters. The normalized spacial score (nSPS) is 11.2. The number of carbonyl (C=O) groups is 2. The summed E-state index contributed by atoms with van der Waals surface area (Å²) in [7, 11) is 0. The van der Waals surface area contributed by atoms with Crippen LogP contribution in [0.5, 0.6) is 0 Å². The van der Waals surface area contributed by atoms with Gasteiger partial charge in [0, 0.05) is 31.3 Å². The Morgan fingerprint density at radius 2 is 1.76 bits per heavy atom. The summed E-state index contributed by atoms with van der Waals surface area (Å²) in [6.45, 7) is 6.84.